The van der Waals surface area contributed by atoms with E-state index in [2.05, 4.69) is 10.6 Å². The van der Waals surface area contributed by atoms with Crippen molar-refractivity contribution >= 4 is 11.6 Å². The van der Waals surface area contributed by atoms with Crippen molar-refractivity contribution in [3.8, 4) is 0 Å². The first kappa shape index (κ1) is 7.86. The highest BCUT2D eigenvalue weighted by Crippen LogP contribution is 2.09. The molecule has 1 aromatic carbocycles. The molecule has 1 aliphatic rings. The van der Waals surface area contributed by atoms with Crippen LogP contribution in [0.25, 0.3) is 0 Å². The fourth-order valence-corrected chi connectivity index (χ4v) is 1.23. The Morgan fingerprint density at radius 2 is 2.00 bits per heavy atom. The summed E-state index contributed by atoms with van der Waals surface area (Å²) in [6, 6.07) is 9.78. The molecule has 1 heterocycles. The molecule has 2 rings (SSSR count). The van der Waals surface area contributed by atoms with Crippen molar-refractivity contribution in [2.45, 2.75) is 0 Å². The van der Waals surface area contributed by atoms with Crippen molar-refractivity contribution in [3.63, 3.8) is 0 Å². The van der Waals surface area contributed by atoms with Gasteiger partial charge in [0, 0.05) is 17.5 Å². The average Bonchev–Trinajstić information content (AvgIpc) is 2.53. The molecule has 3 heteroatoms. The van der Waals surface area contributed by atoms with Crippen molar-refractivity contribution in [2.75, 3.05) is 11.9 Å². The highest BCUT2D eigenvalue weighted by molar-refractivity contribution is 5.91. The summed E-state index contributed by atoms with van der Waals surface area (Å²) in [5.41, 5.74) is 1.92. The normalized spacial score (nSPS) is 15.1. The Morgan fingerprint density at radius 3 is 2.62 bits per heavy atom. The van der Waals surface area contributed by atoms with Crippen molar-refractivity contribution in [1.29, 1.82) is 0 Å². The summed E-state index contributed by atoms with van der Waals surface area (Å²) in [7, 11) is 0. The van der Waals surface area contributed by atoms with Crippen LogP contribution in [0.4, 0.5) is 5.69 Å². The maximum absolute atomic E-state index is 10.8. The Labute approximate surface area is 76.5 Å². The molecule has 0 fully saturated rings. The summed E-state index contributed by atoms with van der Waals surface area (Å²) >= 11 is 0. The number of amides is 1. The predicted octanol–water partition coefficient (Wildman–Crippen LogP) is 1.11. The van der Waals surface area contributed by atoms with E-state index in [-0.39, 0.29) is 5.91 Å². The molecular weight excluding hydrogens is 164 g/mol. The van der Waals surface area contributed by atoms with Crippen molar-refractivity contribution in [3.05, 3.63) is 42.1 Å². The van der Waals surface area contributed by atoms with Crippen LogP contribution in [0.2, 0.25) is 0 Å². The third-order valence-electron chi connectivity index (χ3n) is 1.84. The lowest BCUT2D eigenvalue weighted by Crippen LogP contribution is -2.16. The molecule has 0 radical (unpaired) electrons. The van der Waals surface area contributed by atoms with E-state index >= 15 is 0 Å². The van der Waals surface area contributed by atoms with Crippen LogP contribution >= 0.6 is 0 Å². The first-order valence-electron chi connectivity index (χ1n) is 4.15. The minimum Gasteiger partial charge on any atom is -0.357 e. The van der Waals surface area contributed by atoms with Gasteiger partial charge in [0.15, 0.2) is 0 Å². The molecule has 0 bridgehead atoms. The number of rotatable bonds is 2. The van der Waals surface area contributed by atoms with Crippen molar-refractivity contribution in [1.82, 2.24) is 5.32 Å². The topological polar surface area (TPSA) is 41.1 Å². The summed E-state index contributed by atoms with van der Waals surface area (Å²) in [6.07, 6.45) is 1.58. The maximum Gasteiger partial charge on any atom is 0.246 e. The van der Waals surface area contributed by atoms with Crippen LogP contribution in [-0.4, -0.2) is 12.5 Å². The minimum atomic E-state index is -0.0292. The van der Waals surface area contributed by atoms with Gasteiger partial charge in [0.25, 0.3) is 0 Å². The fourth-order valence-electron chi connectivity index (χ4n) is 1.23. The quantitative estimate of drug-likeness (QED) is 0.705. The summed E-state index contributed by atoms with van der Waals surface area (Å²) in [4.78, 5) is 10.8. The first-order valence-corrected chi connectivity index (χ1v) is 4.15. The molecule has 2 N–H and O–H groups in total. The van der Waals surface area contributed by atoms with E-state index < -0.39 is 0 Å². The van der Waals surface area contributed by atoms with Gasteiger partial charge in [0.1, 0.15) is 0 Å². The highest BCUT2D eigenvalue weighted by Gasteiger charge is 2.09. The number of anilines is 1. The van der Waals surface area contributed by atoms with Crippen LogP contribution in [0.3, 0.4) is 0 Å². The van der Waals surface area contributed by atoms with E-state index in [4.69, 9.17) is 0 Å². The molecule has 66 valence electrons. The lowest BCUT2D eigenvalue weighted by atomic mass is 10.3. The van der Waals surface area contributed by atoms with Gasteiger partial charge in [0.2, 0.25) is 5.91 Å². The molecule has 0 unspecified atom stereocenters. The molecule has 0 spiro atoms. The maximum atomic E-state index is 10.8. The number of carbonyl (C=O) groups is 1. The van der Waals surface area contributed by atoms with Crippen LogP contribution in [0, 0.1) is 0 Å². The first-order chi connectivity index (χ1) is 6.34. The van der Waals surface area contributed by atoms with Crippen LogP contribution in [0.5, 0.6) is 0 Å². The van der Waals surface area contributed by atoms with E-state index in [0.29, 0.717) is 6.54 Å². The number of para-hydroxylation sites is 1. The zero-order chi connectivity index (χ0) is 9.10. The predicted molar refractivity (Wildman–Crippen MR) is 51.2 cm³/mol. The zero-order valence-electron chi connectivity index (χ0n) is 7.08. The Morgan fingerprint density at radius 1 is 1.23 bits per heavy atom. The molecule has 3 nitrogen and oxygen atoms in total. The van der Waals surface area contributed by atoms with Gasteiger partial charge in [0.05, 0.1) is 6.54 Å². The van der Waals surface area contributed by atoms with Gasteiger partial charge in [-0.1, -0.05) is 18.2 Å². The standard InChI is InChI=1S/C10H10N2O/c13-10-6-9(7-11-10)12-8-4-2-1-3-5-8/h1-6,12H,7H2,(H,11,13). The molecule has 0 atom stereocenters. The molecule has 0 aromatic heterocycles. The average molecular weight is 174 g/mol. The fraction of sp³-hybridized carbons (Fsp3) is 0.100. The molecule has 1 amide bonds. The van der Waals surface area contributed by atoms with E-state index in [1.54, 1.807) is 6.08 Å². The van der Waals surface area contributed by atoms with Gasteiger partial charge in [-0.3, -0.25) is 4.79 Å². The Kier molecular flexibility index (Phi) is 2.00. The van der Waals surface area contributed by atoms with E-state index in [9.17, 15) is 4.79 Å². The smallest absolute Gasteiger partial charge is 0.246 e. The van der Waals surface area contributed by atoms with Crippen molar-refractivity contribution in [2.24, 2.45) is 0 Å². The van der Waals surface area contributed by atoms with Crippen LogP contribution in [0.15, 0.2) is 42.1 Å². The van der Waals surface area contributed by atoms with Crippen LogP contribution in [-0.2, 0) is 4.79 Å². The Bertz CT molecular complexity index is 343. The second-order valence-corrected chi connectivity index (χ2v) is 2.88. The SMILES string of the molecule is O=C1C=C(Nc2ccccc2)CN1. The van der Waals surface area contributed by atoms with Gasteiger partial charge in [-0.15, -0.1) is 0 Å². The Balaban J connectivity index is 2.07. The molecule has 0 saturated carbocycles. The molecule has 0 saturated heterocycles. The van der Waals surface area contributed by atoms with Gasteiger partial charge >= 0.3 is 0 Å². The molecule has 13 heavy (non-hydrogen) atoms. The number of benzene rings is 1. The lowest BCUT2D eigenvalue weighted by Gasteiger charge is -2.04. The summed E-state index contributed by atoms with van der Waals surface area (Å²) in [5.74, 6) is -0.0292. The van der Waals surface area contributed by atoms with Gasteiger partial charge in [-0.2, -0.15) is 0 Å². The van der Waals surface area contributed by atoms with Gasteiger partial charge in [-0.05, 0) is 12.1 Å². The third kappa shape index (κ3) is 1.87. The second-order valence-electron chi connectivity index (χ2n) is 2.88. The van der Waals surface area contributed by atoms with Crippen molar-refractivity contribution < 1.29 is 4.79 Å². The molecule has 1 aliphatic heterocycles. The van der Waals surface area contributed by atoms with E-state index in [0.717, 1.165) is 11.4 Å². The summed E-state index contributed by atoms with van der Waals surface area (Å²) in [5, 5.41) is 5.84. The second kappa shape index (κ2) is 3.31. The number of hydrogen-bond acceptors (Lipinski definition) is 2. The zero-order valence-corrected chi connectivity index (χ0v) is 7.08. The van der Waals surface area contributed by atoms with E-state index in [1.807, 2.05) is 30.3 Å². The molecule has 1 aromatic rings. The number of hydrogen-bond donors (Lipinski definition) is 2. The summed E-state index contributed by atoms with van der Waals surface area (Å²) in [6.45, 7) is 0.591. The molecular formula is C10H10N2O. The van der Waals surface area contributed by atoms with Gasteiger partial charge in [-0.25, -0.2) is 0 Å². The number of nitrogens with one attached hydrogen (secondary N) is 2. The molecule has 0 aliphatic carbocycles. The van der Waals surface area contributed by atoms with Crippen LogP contribution < -0.4 is 10.6 Å². The van der Waals surface area contributed by atoms with E-state index in [1.165, 1.54) is 0 Å². The Hall–Kier alpha value is -1.77. The van der Waals surface area contributed by atoms with Crippen LogP contribution in [0.1, 0.15) is 0 Å². The highest BCUT2D eigenvalue weighted by atomic mass is 16.1. The monoisotopic (exact) mass is 174 g/mol. The number of carbonyl (C=O) groups excluding carboxylic acids is 1. The van der Waals surface area contributed by atoms with Gasteiger partial charge < -0.3 is 10.6 Å². The lowest BCUT2D eigenvalue weighted by molar-refractivity contribution is -0.115. The minimum absolute atomic E-state index is 0.0292. The third-order valence-corrected chi connectivity index (χ3v) is 1.84. The largest absolute Gasteiger partial charge is 0.357 e. The summed E-state index contributed by atoms with van der Waals surface area (Å²) < 4.78 is 0.